The first-order chi connectivity index (χ1) is 12.9. The van der Waals surface area contributed by atoms with Crippen LogP contribution < -0.4 is 9.47 Å². The molecule has 0 saturated carbocycles. The van der Waals surface area contributed by atoms with Crippen molar-refractivity contribution >= 4 is 15.7 Å². The Bertz CT molecular complexity index is 843. The van der Waals surface area contributed by atoms with Crippen LogP contribution in [-0.2, 0) is 14.6 Å². The van der Waals surface area contributed by atoms with Crippen molar-refractivity contribution in [3.8, 4) is 11.5 Å². The first kappa shape index (κ1) is 19.4. The van der Waals surface area contributed by atoms with Crippen LogP contribution in [0.1, 0.15) is 25.7 Å². The van der Waals surface area contributed by atoms with Crippen molar-refractivity contribution in [2.24, 2.45) is 0 Å². The molecular weight excluding hydrogens is 370 g/mol. The smallest absolute Gasteiger partial charge is 0.264 e. The third kappa shape index (κ3) is 4.33. The molecule has 1 aromatic carbocycles. The fraction of sp³-hybridized carbons (Fsp3) is 0.421. The van der Waals surface area contributed by atoms with E-state index >= 15 is 0 Å². The molecule has 0 bridgehead atoms. The van der Waals surface area contributed by atoms with Gasteiger partial charge in [0.05, 0.1) is 12.4 Å². The monoisotopic (exact) mass is 393 g/mol. The maximum Gasteiger partial charge on any atom is 0.264 e. The Kier molecular flexibility index (Phi) is 5.86. The van der Waals surface area contributed by atoms with Crippen molar-refractivity contribution in [3.05, 3.63) is 48.3 Å². The molecule has 2 aliphatic rings. The van der Waals surface area contributed by atoms with Crippen LogP contribution in [0.4, 0.5) is 0 Å². The number of carbonyl (C=O) groups is 1. The van der Waals surface area contributed by atoms with Crippen molar-refractivity contribution in [2.75, 3.05) is 13.7 Å². The van der Waals surface area contributed by atoms with Gasteiger partial charge in [-0.3, -0.25) is 10.0 Å². The van der Waals surface area contributed by atoms with Crippen molar-refractivity contribution in [3.63, 3.8) is 0 Å². The fourth-order valence-corrected chi connectivity index (χ4v) is 5.17. The number of sulfone groups is 1. The van der Waals surface area contributed by atoms with Crippen LogP contribution in [0.2, 0.25) is 0 Å². The second-order valence-electron chi connectivity index (χ2n) is 6.55. The predicted octanol–water partition coefficient (Wildman–Crippen LogP) is 2.47. The third-order valence-corrected chi connectivity index (χ3v) is 7.18. The minimum absolute atomic E-state index is 0.172. The highest BCUT2D eigenvalue weighted by Crippen LogP contribution is 2.27. The number of rotatable bonds is 5. The number of benzene rings is 1. The van der Waals surface area contributed by atoms with E-state index in [1.54, 1.807) is 49.6 Å². The normalized spacial score (nSPS) is 23.6. The van der Waals surface area contributed by atoms with Crippen LogP contribution in [0.15, 0.2) is 48.3 Å². The molecule has 1 N–H and O–H groups in total. The van der Waals surface area contributed by atoms with E-state index in [1.165, 1.54) is 0 Å². The summed E-state index contributed by atoms with van der Waals surface area (Å²) in [6.07, 6.45) is 6.49. The van der Waals surface area contributed by atoms with Gasteiger partial charge in [0.15, 0.2) is 9.84 Å². The molecule has 7 nitrogen and oxygen atoms in total. The molecule has 0 aromatic heterocycles. The summed E-state index contributed by atoms with van der Waals surface area (Å²) in [6, 6.07) is 7.06. The molecular formula is C19H23NO6S. The Morgan fingerprint density at radius 2 is 1.85 bits per heavy atom. The Hall–Kier alpha value is -2.32. The highest BCUT2D eigenvalue weighted by atomic mass is 32.2. The molecule has 1 amide bonds. The van der Waals surface area contributed by atoms with Crippen molar-refractivity contribution in [1.82, 2.24) is 5.06 Å². The predicted molar refractivity (Wildman–Crippen MR) is 99.3 cm³/mol. The molecule has 1 aromatic rings. The number of hydrogen-bond acceptors (Lipinski definition) is 6. The van der Waals surface area contributed by atoms with Gasteiger partial charge < -0.3 is 9.47 Å². The number of nitrogens with zero attached hydrogens (tertiary/aromatic N) is 1. The van der Waals surface area contributed by atoms with E-state index in [0.717, 1.165) is 0 Å². The molecule has 146 valence electrons. The third-order valence-electron chi connectivity index (χ3n) is 4.76. The van der Waals surface area contributed by atoms with Crippen LogP contribution >= 0.6 is 0 Å². The number of carbonyl (C=O) groups excluding carboxylic acids is 1. The van der Waals surface area contributed by atoms with E-state index in [-0.39, 0.29) is 19.4 Å². The van der Waals surface area contributed by atoms with Gasteiger partial charge in [0, 0.05) is 6.54 Å². The highest BCUT2D eigenvalue weighted by molar-refractivity contribution is 7.93. The summed E-state index contributed by atoms with van der Waals surface area (Å²) in [5.74, 6) is 1.14. The lowest BCUT2D eigenvalue weighted by molar-refractivity contribution is -0.163. The second-order valence-corrected chi connectivity index (χ2v) is 8.90. The summed E-state index contributed by atoms with van der Waals surface area (Å²) < 4.78 is 36.6. The zero-order valence-electron chi connectivity index (χ0n) is 15.1. The zero-order chi connectivity index (χ0) is 19.4. The quantitative estimate of drug-likeness (QED) is 0.773. The van der Waals surface area contributed by atoms with Crippen LogP contribution in [-0.4, -0.2) is 48.7 Å². The van der Waals surface area contributed by atoms with E-state index in [4.69, 9.17) is 9.47 Å². The summed E-state index contributed by atoms with van der Waals surface area (Å²) in [7, 11) is -2.17. The number of hydroxylamine groups is 2. The first-order valence-corrected chi connectivity index (χ1v) is 10.5. The molecule has 1 fully saturated rings. The lowest BCUT2D eigenvalue weighted by atomic mass is 10.1. The van der Waals surface area contributed by atoms with E-state index in [1.807, 2.05) is 0 Å². The molecule has 0 spiro atoms. The fourth-order valence-electron chi connectivity index (χ4n) is 3.19. The summed E-state index contributed by atoms with van der Waals surface area (Å²) in [6.45, 7) is 0.172. The van der Waals surface area contributed by atoms with E-state index in [9.17, 15) is 18.4 Å². The lowest BCUT2D eigenvalue weighted by Crippen LogP contribution is -2.43. The number of allylic oxidation sites excluding steroid dienone is 2. The van der Waals surface area contributed by atoms with E-state index in [2.05, 4.69) is 0 Å². The number of amides is 1. The van der Waals surface area contributed by atoms with Gasteiger partial charge in [0.1, 0.15) is 22.5 Å². The molecule has 8 heteroatoms. The Morgan fingerprint density at radius 3 is 2.48 bits per heavy atom. The Balaban J connectivity index is 1.68. The highest BCUT2D eigenvalue weighted by Gasteiger charge is 2.40. The van der Waals surface area contributed by atoms with E-state index < -0.39 is 26.2 Å². The van der Waals surface area contributed by atoms with Gasteiger partial charge in [0.2, 0.25) is 0 Å². The maximum atomic E-state index is 12.9. The maximum absolute atomic E-state index is 12.9. The molecule has 27 heavy (non-hydrogen) atoms. The van der Waals surface area contributed by atoms with Crippen molar-refractivity contribution in [1.29, 1.82) is 0 Å². The van der Waals surface area contributed by atoms with Crippen molar-refractivity contribution < 1.29 is 27.9 Å². The molecule has 1 aliphatic carbocycles. The lowest BCUT2D eigenvalue weighted by Gasteiger charge is -2.23. The molecule has 0 radical (unpaired) electrons. The summed E-state index contributed by atoms with van der Waals surface area (Å²) in [5, 5.41) is 8.23. The average molecular weight is 393 g/mol. The second kappa shape index (κ2) is 8.14. The average Bonchev–Trinajstić information content (AvgIpc) is 2.84. The van der Waals surface area contributed by atoms with Gasteiger partial charge in [-0.2, -0.15) is 0 Å². The minimum Gasteiger partial charge on any atom is -0.497 e. The van der Waals surface area contributed by atoms with Crippen LogP contribution in [0, 0.1) is 0 Å². The molecule has 2 atom stereocenters. The van der Waals surface area contributed by atoms with Gasteiger partial charge >= 0.3 is 0 Å². The van der Waals surface area contributed by atoms with Crippen LogP contribution in [0.3, 0.4) is 0 Å². The SMILES string of the molecule is COc1ccc(OC2=CCC(S(=O)(=O)C3CCCCN(O)C3=O)C=C2)cc1. The molecule has 1 heterocycles. The van der Waals surface area contributed by atoms with Gasteiger partial charge in [0.25, 0.3) is 5.91 Å². The van der Waals surface area contributed by atoms with Crippen LogP contribution in [0.25, 0.3) is 0 Å². The van der Waals surface area contributed by atoms with Gasteiger partial charge in [-0.1, -0.05) is 6.08 Å². The topological polar surface area (TPSA) is 93.1 Å². The molecule has 2 unspecified atom stereocenters. The number of ether oxygens (including phenoxy) is 2. The Labute approximate surface area is 158 Å². The molecule has 3 rings (SSSR count). The summed E-state index contributed by atoms with van der Waals surface area (Å²) in [4.78, 5) is 12.2. The van der Waals surface area contributed by atoms with Gasteiger partial charge in [-0.05, 0) is 62.1 Å². The minimum atomic E-state index is -3.75. The molecule has 1 aliphatic heterocycles. The van der Waals surface area contributed by atoms with Crippen molar-refractivity contribution in [2.45, 2.75) is 36.2 Å². The standard InChI is InChI=1S/C19H23NO6S/c1-25-14-5-7-15(8-6-14)26-16-9-11-17(12-10-16)27(23,24)18-4-2-3-13-20(22)19(18)21/h5-11,17-18,22H,2-4,12-13H2,1H3. The zero-order valence-corrected chi connectivity index (χ0v) is 15.9. The largest absolute Gasteiger partial charge is 0.497 e. The number of hydrogen-bond donors (Lipinski definition) is 1. The van der Waals surface area contributed by atoms with E-state index in [0.29, 0.717) is 35.2 Å². The Morgan fingerprint density at radius 1 is 1.15 bits per heavy atom. The van der Waals surface area contributed by atoms with Gasteiger partial charge in [-0.25, -0.2) is 13.5 Å². The summed E-state index contributed by atoms with van der Waals surface area (Å²) in [5.41, 5.74) is 0. The first-order valence-electron chi connectivity index (χ1n) is 8.85. The van der Waals surface area contributed by atoms with Crippen LogP contribution in [0.5, 0.6) is 11.5 Å². The summed E-state index contributed by atoms with van der Waals surface area (Å²) >= 11 is 0. The number of methoxy groups -OCH3 is 1. The molecule has 1 saturated heterocycles. The van der Waals surface area contributed by atoms with Gasteiger partial charge in [-0.15, -0.1) is 0 Å².